The van der Waals surface area contributed by atoms with Gasteiger partial charge in [-0.25, -0.2) is 0 Å². The molecule has 139 valence electrons. The minimum Gasteiger partial charge on any atom is 0 e. The van der Waals surface area contributed by atoms with Crippen LogP contribution in [-0.2, 0) is 59.6 Å². The Hall–Kier alpha value is -2.24. The van der Waals surface area contributed by atoms with Crippen LogP contribution in [0.3, 0.4) is 0 Å². The molecule has 1 radical (unpaired) electrons. The van der Waals surface area contributed by atoms with Gasteiger partial charge in [-0.05, 0) is 6.42 Å². The van der Waals surface area contributed by atoms with E-state index in [1.54, 1.807) is 0 Å². The second-order valence-electron chi connectivity index (χ2n) is 3.22. The molecule has 0 N–H and O–H groups in total. The molecule has 10 heteroatoms. The minimum absolute atomic E-state index is 0. The number of hydrogen-bond acceptors (Lipinski definition) is 6. The van der Waals surface area contributed by atoms with Gasteiger partial charge in [-0.2, -0.15) is 0 Å². The fourth-order valence-electron chi connectivity index (χ4n) is 1.31. The van der Waals surface area contributed by atoms with Crippen molar-refractivity contribution in [1.29, 1.82) is 0 Å². The summed E-state index contributed by atoms with van der Waals surface area (Å²) in [5.74, 6) is -4.38. The largest absolute Gasteiger partial charge is 0 e. The van der Waals surface area contributed by atoms with Gasteiger partial charge >= 0.3 is 45.8 Å². The molecule has 0 unspecified atom stereocenters. The van der Waals surface area contributed by atoms with E-state index in [4.69, 9.17) is 14.0 Å². The summed E-state index contributed by atoms with van der Waals surface area (Å²) in [6, 6.07) is 0. The molecule has 0 rings (SSSR count). The molecule has 0 aromatic carbocycles. The summed E-state index contributed by atoms with van der Waals surface area (Å²) in [6.07, 6.45) is 3.86. The first-order valence-electron chi connectivity index (χ1n) is 5.67. The summed E-state index contributed by atoms with van der Waals surface area (Å²) in [7, 11) is 3.47. The molecule has 0 saturated carbocycles. The fraction of sp³-hybridized carbons (Fsp3) is 0.333. The topological polar surface area (TPSA) is 139 Å². The van der Waals surface area contributed by atoms with Gasteiger partial charge in [-0.15, -0.1) is 12.5 Å². The van der Waals surface area contributed by atoms with E-state index in [1.165, 1.54) is 19.6 Å². The SMILES string of the molecule is C=C[CH][C@H]([CH-]C(=O)OC)C(C(=O)OC)C(=O)OC.[C-]#[O+].[C-]#[O+].[C-]#[O+].[Fe]. The van der Waals surface area contributed by atoms with Crippen molar-refractivity contribution in [3.05, 3.63) is 45.4 Å². The van der Waals surface area contributed by atoms with Gasteiger partial charge in [0.25, 0.3) is 0 Å². The predicted octanol–water partition coefficient (Wildman–Crippen LogP) is 0.217. The van der Waals surface area contributed by atoms with Crippen LogP contribution in [-0.4, -0.2) is 39.2 Å². The fourth-order valence-corrected chi connectivity index (χ4v) is 1.31. The van der Waals surface area contributed by atoms with E-state index in [-0.39, 0.29) is 17.1 Å². The Morgan fingerprint density at radius 1 is 0.920 bits per heavy atom. The van der Waals surface area contributed by atoms with Gasteiger partial charge in [0.15, 0.2) is 5.97 Å². The second-order valence-corrected chi connectivity index (χ2v) is 3.22. The van der Waals surface area contributed by atoms with E-state index in [1.807, 2.05) is 0 Å². The third-order valence-electron chi connectivity index (χ3n) is 2.18. The summed E-state index contributed by atoms with van der Waals surface area (Å²) in [4.78, 5) is 34.3. The van der Waals surface area contributed by atoms with Crippen LogP contribution in [0.2, 0.25) is 0 Å². The Labute approximate surface area is 156 Å². The Morgan fingerprint density at radius 2 is 1.28 bits per heavy atom. The molecule has 9 nitrogen and oxygen atoms in total. The zero-order chi connectivity index (χ0) is 20.1. The number of carbonyl (C=O) groups excluding carboxylic acids is 3. The first-order chi connectivity index (χ1) is 11.5. The van der Waals surface area contributed by atoms with Crippen molar-refractivity contribution in [1.82, 2.24) is 0 Å². The number of hydrogen-bond donors (Lipinski definition) is 0. The van der Waals surface area contributed by atoms with Crippen molar-refractivity contribution in [2.75, 3.05) is 21.3 Å². The quantitative estimate of drug-likeness (QED) is 0.151. The standard InChI is InChI=1S/C12H16O6.3CO.Fe/c1-5-6-8(7-9(13)16-2)10(11(14)17-3)12(15)18-4;3*1-2;/h5-8,10H,1H2,2-4H3;;;;/q-1;;;;/t8-;;;;/m1..../s1. The van der Waals surface area contributed by atoms with Gasteiger partial charge in [-0.3, -0.25) is 20.8 Å². The Balaban J connectivity index is -0.000000171. The minimum atomic E-state index is -1.27. The monoisotopic (exact) mass is 396 g/mol. The maximum absolute atomic E-state index is 11.5. The van der Waals surface area contributed by atoms with Crippen molar-refractivity contribution in [2.45, 2.75) is 0 Å². The normalized spacial score (nSPS) is 8.40. The molecule has 0 aliphatic heterocycles. The number of rotatable bonds is 7. The molecule has 0 fully saturated rings. The maximum atomic E-state index is 11.5. The zero-order valence-electron chi connectivity index (χ0n) is 13.6. The molecule has 0 heterocycles. The first kappa shape index (κ1) is 34.2. The molecule has 1 atom stereocenters. The Kier molecular flexibility index (Phi) is 36.4. The van der Waals surface area contributed by atoms with Crippen molar-refractivity contribution in [2.24, 2.45) is 11.8 Å². The van der Waals surface area contributed by atoms with Gasteiger partial charge in [0, 0.05) is 17.1 Å². The predicted molar refractivity (Wildman–Crippen MR) is 73.6 cm³/mol. The third-order valence-corrected chi connectivity index (χ3v) is 2.18. The molecular formula is C15H16FeO9-. The third kappa shape index (κ3) is 16.4. The summed E-state index contributed by atoms with van der Waals surface area (Å²) < 4.78 is 36.0. The molecule has 0 aliphatic rings. The van der Waals surface area contributed by atoms with E-state index in [9.17, 15) is 14.4 Å². The van der Waals surface area contributed by atoms with E-state index in [0.717, 1.165) is 20.6 Å². The smallest absolute Gasteiger partial charge is 0 e. The first-order valence-corrected chi connectivity index (χ1v) is 5.67. The molecule has 0 bridgehead atoms. The van der Waals surface area contributed by atoms with E-state index < -0.39 is 29.7 Å². The number of esters is 3. The molecule has 25 heavy (non-hydrogen) atoms. The zero-order valence-corrected chi connectivity index (χ0v) is 14.7. The second kappa shape index (κ2) is 26.6. The van der Waals surface area contributed by atoms with Gasteiger partial charge in [-0.1, -0.05) is 6.08 Å². The number of allylic oxidation sites excluding steroid dienone is 1. The molecule has 0 saturated heterocycles. The number of methoxy groups -OCH3 is 3. The van der Waals surface area contributed by atoms with Crippen LogP contribution in [0, 0.1) is 44.6 Å². The summed E-state index contributed by atoms with van der Waals surface area (Å²) in [5, 5.41) is 0. The average molecular weight is 396 g/mol. The van der Waals surface area contributed by atoms with Crippen LogP contribution in [0.5, 0.6) is 0 Å². The Bertz CT molecular complexity index is 410. The molecular weight excluding hydrogens is 380 g/mol. The van der Waals surface area contributed by atoms with Crippen LogP contribution < -0.4 is 0 Å². The molecule has 0 aromatic heterocycles. The molecule has 0 amide bonds. The van der Waals surface area contributed by atoms with Crippen molar-refractivity contribution >= 4 is 17.9 Å². The van der Waals surface area contributed by atoms with Gasteiger partial charge in [0.05, 0.1) is 21.3 Å². The van der Waals surface area contributed by atoms with Crippen molar-refractivity contribution in [3.8, 4) is 0 Å². The number of ether oxygens (including phenoxy) is 3. The summed E-state index contributed by atoms with van der Waals surface area (Å²) >= 11 is 0. The van der Waals surface area contributed by atoms with Gasteiger partial charge in [0.1, 0.15) is 5.92 Å². The van der Waals surface area contributed by atoms with Crippen LogP contribution in [0.25, 0.3) is 0 Å². The summed E-state index contributed by atoms with van der Waals surface area (Å²) in [5.41, 5.74) is 0. The van der Waals surface area contributed by atoms with E-state index >= 15 is 0 Å². The van der Waals surface area contributed by atoms with E-state index in [0.29, 0.717) is 0 Å². The molecule has 0 spiro atoms. The van der Waals surface area contributed by atoms with Crippen LogP contribution in [0.1, 0.15) is 0 Å². The maximum Gasteiger partial charge on any atom is 0 e. The molecule has 0 aromatic rings. The average Bonchev–Trinajstić information content (AvgIpc) is 2.66. The molecule has 0 aliphatic carbocycles. The Morgan fingerprint density at radius 3 is 1.52 bits per heavy atom. The van der Waals surface area contributed by atoms with E-state index in [2.05, 4.69) is 40.7 Å². The van der Waals surface area contributed by atoms with Gasteiger partial charge < -0.3 is 14.2 Å². The van der Waals surface area contributed by atoms with Gasteiger partial charge in [0.2, 0.25) is 0 Å². The van der Waals surface area contributed by atoms with Crippen molar-refractivity contribution in [3.63, 3.8) is 0 Å². The number of carbonyl (C=O) groups is 3. The summed E-state index contributed by atoms with van der Waals surface area (Å²) in [6.45, 7) is 17.0. The van der Waals surface area contributed by atoms with Crippen LogP contribution in [0.15, 0.2) is 12.7 Å². The van der Waals surface area contributed by atoms with Crippen LogP contribution in [0.4, 0.5) is 0 Å². The van der Waals surface area contributed by atoms with Crippen LogP contribution >= 0.6 is 0 Å². The van der Waals surface area contributed by atoms with Crippen molar-refractivity contribution < 1.29 is 59.6 Å².